The lowest BCUT2D eigenvalue weighted by atomic mass is 9.92. The van der Waals surface area contributed by atoms with Gasteiger partial charge in [-0.15, -0.1) is 0 Å². The molecule has 0 saturated carbocycles. The van der Waals surface area contributed by atoms with Crippen molar-refractivity contribution in [2.75, 3.05) is 18.0 Å². The number of rotatable bonds is 4. The molecule has 1 aliphatic rings. The predicted octanol–water partition coefficient (Wildman–Crippen LogP) is 3.80. The standard InChI is InChI=1S/C22H22N4O/c1-16-19(8-4-12-24-16)22(27)20-9-2-10-21(25-20)26-13-5-7-18(15-26)17-6-3-11-23-14-17/h2-4,6,8-12,14,18H,5,7,13,15H2,1H3. The molecule has 1 unspecified atom stereocenters. The lowest BCUT2D eigenvalue weighted by Crippen LogP contribution is -2.35. The molecule has 5 nitrogen and oxygen atoms in total. The fraction of sp³-hybridized carbons (Fsp3) is 0.273. The second kappa shape index (κ2) is 7.66. The van der Waals surface area contributed by atoms with E-state index in [-0.39, 0.29) is 5.78 Å². The maximum Gasteiger partial charge on any atom is 0.213 e. The van der Waals surface area contributed by atoms with Gasteiger partial charge in [-0.2, -0.15) is 0 Å². The van der Waals surface area contributed by atoms with E-state index in [9.17, 15) is 4.79 Å². The van der Waals surface area contributed by atoms with Crippen LogP contribution in [0, 0.1) is 6.92 Å². The molecule has 0 aromatic carbocycles. The largest absolute Gasteiger partial charge is 0.356 e. The maximum atomic E-state index is 12.9. The fourth-order valence-electron chi connectivity index (χ4n) is 3.66. The Balaban J connectivity index is 1.57. The van der Waals surface area contributed by atoms with Crippen LogP contribution in [0.3, 0.4) is 0 Å². The number of piperidine rings is 1. The van der Waals surface area contributed by atoms with Crippen LogP contribution in [-0.4, -0.2) is 33.8 Å². The van der Waals surface area contributed by atoms with Crippen LogP contribution in [0.5, 0.6) is 0 Å². The molecule has 3 aromatic rings. The summed E-state index contributed by atoms with van der Waals surface area (Å²) in [6.45, 7) is 3.69. The average Bonchev–Trinajstić information content (AvgIpc) is 2.74. The smallest absolute Gasteiger partial charge is 0.213 e. The van der Waals surface area contributed by atoms with Gasteiger partial charge in [0.15, 0.2) is 0 Å². The van der Waals surface area contributed by atoms with Gasteiger partial charge in [0.25, 0.3) is 0 Å². The molecule has 1 fully saturated rings. The molecule has 3 aromatic heterocycles. The molecular weight excluding hydrogens is 336 g/mol. The fourth-order valence-corrected chi connectivity index (χ4v) is 3.66. The van der Waals surface area contributed by atoms with Crippen LogP contribution < -0.4 is 4.90 Å². The summed E-state index contributed by atoms with van der Waals surface area (Å²) >= 11 is 0. The predicted molar refractivity (Wildman–Crippen MR) is 105 cm³/mol. The van der Waals surface area contributed by atoms with Crippen molar-refractivity contribution in [1.82, 2.24) is 15.0 Å². The molecule has 0 N–H and O–H groups in total. The third-order valence-corrected chi connectivity index (χ3v) is 5.12. The van der Waals surface area contributed by atoms with Crippen LogP contribution in [0.25, 0.3) is 0 Å². The highest BCUT2D eigenvalue weighted by molar-refractivity contribution is 6.08. The van der Waals surface area contributed by atoms with E-state index in [1.807, 2.05) is 31.3 Å². The molecule has 0 aliphatic carbocycles. The first-order valence-electron chi connectivity index (χ1n) is 9.30. The number of hydrogen-bond donors (Lipinski definition) is 0. The number of carbonyl (C=O) groups is 1. The molecule has 0 radical (unpaired) electrons. The Bertz CT molecular complexity index is 942. The Kier molecular flexibility index (Phi) is 4.92. The molecule has 1 aliphatic heterocycles. The molecule has 1 saturated heterocycles. The summed E-state index contributed by atoms with van der Waals surface area (Å²) in [5, 5.41) is 0. The van der Waals surface area contributed by atoms with E-state index >= 15 is 0 Å². The molecule has 4 rings (SSSR count). The molecule has 0 amide bonds. The Labute approximate surface area is 159 Å². The number of carbonyl (C=O) groups excluding carboxylic acids is 1. The second-order valence-corrected chi connectivity index (χ2v) is 6.92. The zero-order chi connectivity index (χ0) is 18.6. The monoisotopic (exact) mass is 358 g/mol. The van der Waals surface area contributed by atoms with Crippen LogP contribution in [0.15, 0.2) is 61.1 Å². The summed E-state index contributed by atoms with van der Waals surface area (Å²) in [5.41, 5.74) is 3.06. The van der Waals surface area contributed by atoms with Crippen LogP contribution in [0.4, 0.5) is 5.82 Å². The summed E-state index contributed by atoms with van der Waals surface area (Å²) in [6.07, 6.45) is 7.70. The highest BCUT2D eigenvalue weighted by atomic mass is 16.1. The van der Waals surface area contributed by atoms with E-state index < -0.39 is 0 Å². The number of ketones is 1. The molecule has 0 bridgehead atoms. The lowest BCUT2D eigenvalue weighted by molar-refractivity contribution is 0.103. The lowest BCUT2D eigenvalue weighted by Gasteiger charge is -2.33. The van der Waals surface area contributed by atoms with Gasteiger partial charge in [-0.25, -0.2) is 4.98 Å². The van der Waals surface area contributed by atoms with Crippen molar-refractivity contribution < 1.29 is 4.79 Å². The Morgan fingerprint density at radius 1 is 1.11 bits per heavy atom. The van der Waals surface area contributed by atoms with Crippen LogP contribution in [0.1, 0.15) is 46.1 Å². The van der Waals surface area contributed by atoms with Gasteiger partial charge in [0, 0.05) is 48.9 Å². The van der Waals surface area contributed by atoms with Crippen molar-refractivity contribution in [1.29, 1.82) is 0 Å². The number of hydrogen-bond acceptors (Lipinski definition) is 5. The van der Waals surface area contributed by atoms with E-state index in [1.54, 1.807) is 30.6 Å². The van der Waals surface area contributed by atoms with Crippen LogP contribution in [-0.2, 0) is 0 Å². The summed E-state index contributed by atoms with van der Waals surface area (Å²) in [6, 6.07) is 13.4. The molecule has 5 heteroatoms. The first-order chi connectivity index (χ1) is 13.2. The van der Waals surface area contributed by atoms with Gasteiger partial charge in [-0.3, -0.25) is 14.8 Å². The third kappa shape index (κ3) is 3.72. The van der Waals surface area contributed by atoms with Gasteiger partial charge in [0.2, 0.25) is 5.78 Å². The second-order valence-electron chi connectivity index (χ2n) is 6.92. The Morgan fingerprint density at radius 2 is 2.00 bits per heavy atom. The zero-order valence-electron chi connectivity index (χ0n) is 15.4. The molecule has 0 spiro atoms. The van der Waals surface area contributed by atoms with Gasteiger partial charge in [-0.05, 0) is 55.7 Å². The highest BCUT2D eigenvalue weighted by Crippen LogP contribution is 2.29. The number of aryl methyl sites for hydroxylation is 1. The van der Waals surface area contributed by atoms with Crippen molar-refractivity contribution in [2.45, 2.75) is 25.7 Å². The molecule has 27 heavy (non-hydrogen) atoms. The SMILES string of the molecule is Cc1ncccc1C(=O)c1cccc(N2CCCC(c3cccnc3)C2)n1. The van der Waals surface area contributed by atoms with Crippen LogP contribution in [0.2, 0.25) is 0 Å². The van der Waals surface area contributed by atoms with Gasteiger partial charge in [0.1, 0.15) is 11.5 Å². The van der Waals surface area contributed by atoms with Crippen molar-refractivity contribution in [3.05, 3.63) is 83.6 Å². The summed E-state index contributed by atoms with van der Waals surface area (Å²) < 4.78 is 0. The van der Waals surface area contributed by atoms with Gasteiger partial charge in [0.05, 0.1) is 0 Å². The number of aromatic nitrogens is 3. The van der Waals surface area contributed by atoms with Crippen molar-refractivity contribution in [2.24, 2.45) is 0 Å². The minimum Gasteiger partial charge on any atom is -0.356 e. The third-order valence-electron chi connectivity index (χ3n) is 5.12. The van der Waals surface area contributed by atoms with Crippen LogP contribution >= 0.6 is 0 Å². The minimum absolute atomic E-state index is 0.0803. The maximum absolute atomic E-state index is 12.9. The molecule has 1 atom stereocenters. The molecular formula is C22H22N4O. The quantitative estimate of drug-likeness (QED) is 0.664. The minimum atomic E-state index is -0.0803. The van der Waals surface area contributed by atoms with Gasteiger partial charge < -0.3 is 4.90 Å². The first-order valence-corrected chi connectivity index (χ1v) is 9.30. The highest BCUT2D eigenvalue weighted by Gasteiger charge is 2.23. The van der Waals surface area contributed by atoms with E-state index in [2.05, 4.69) is 25.9 Å². The number of pyridine rings is 3. The van der Waals surface area contributed by atoms with Crippen molar-refractivity contribution >= 4 is 11.6 Å². The molecule has 136 valence electrons. The van der Waals surface area contributed by atoms with Crippen molar-refractivity contribution in [3.8, 4) is 0 Å². The van der Waals surface area contributed by atoms with Crippen molar-refractivity contribution in [3.63, 3.8) is 0 Å². The first kappa shape index (κ1) is 17.3. The van der Waals surface area contributed by atoms with E-state index in [4.69, 9.17) is 0 Å². The Morgan fingerprint density at radius 3 is 2.81 bits per heavy atom. The summed E-state index contributed by atoms with van der Waals surface area (Å²) in [4.78, 5) is 28.3. The zero-order valence-corrected chi connectivity index (χ0v) is 15.4. The number of nitrogens with zero attached hydrogens (tertiary/aromatic N) is 4. The summed E-state index contributed by atoms with van der Waals surface area (Å²) in [5.74, 6) is 1.22. The van der Waals surface area contributed by atoms with E-state index in [1.165, 1.54) is 5.56 Å². The average molecular weight is 358 g/mol. The Hall–Kier alpha value is -3.08. The summed E-state index contributed by atoms with van der Waals surface area (Å²) in [7, 11) is 0. The van der Waals surface area contributed by atoms with E-state index in [0.29, 0.717) is 17.2 Å². The topological polar surface area (TPSA) is 59.0 Å². The number of anilines is 1. The van der Waals surface area contributed by atoms with Gasteiger partial charge in [-0.1, -0.05) is 12.1 Å². The van der Waals surface area contributed by atoms with E-state index in [0.717, 1.165) is 37.4 Å². The molecule has 4 heterocycles. The van der Waals surface area contributed by atoms with Gasteiger partial charge >= 0.3 is 0 Å². The normalized spacial score (nSPS) is 16.9.